The lowest BCUT2D eigenvalue weighted by atomic mass is 10.2. The van der Waals surface area contributed by atoms with E-state index in [1.165, 1.54) is 32.2 Å². The number of sulfonamides is 1. The summed E-state index contributed by atoms with van der Waals surface area (Å²) in [6.07, 6.45) is 1.20. The van der Waals surface area contributed by atoms with Gasteiger partial charge in [-0.1, -0.05) is 5.16 Å². The number of anilines is 3. The van der Waals surface area contributed by atoms with Gasteiger partial charge in [-0.2, -0.15) is 0 Å². The summed E-state index contributed by atoms with van der Waals surface area (Å²) in [5.41, 5.74) is 0.145. The number of nitrogens with zero attached hydrogens (tertiary/aromatic N) is 2. The molecule has 0 saturated heterocycles. The van der Waals surface area contributed by atoms with Gasteiger partial charge >= 0.3 is 0 Å². The highest BCUT2D eigenvalue weighted by atomic mass is 32.2. The first-order valence-corrected chi connectivity index (χ1v) is 8.99. The molecule has 3 aromatic rings. The summed E-state index contributed by atoms with van der Waals surface area (Å²) in [5, 5.41) is 6.12. The van der Waals surface area contributed by atoms with Crippen LogP contribution in [-0.4, -0.2) is 18.6 Å². The van der Waals surface area contributed by atoms with E-state index in [0.717, 1.165) is 12.1 Å². The Morgan fingerprint density at radius 3 is 2.37 bits per heavy atom. The quantitative estimate of drug-likeness (QED) is 0.637. The van der Waals surface area contributed by atoms with Gasteiger partial charge in [0.05, 0.1) is 17.6 Å². The fraction of sp³-hybridized carbons (Fsp3) is 0.125. The minimum atomic E-state index is -3.96. The predicted molar refractivity (Wildman–Crippen MR) is 90.6 cm³/mol. The van der Waals surface area contributed by atoms with E-state index >= 15 is 0 Å². The molecule has 0 bridgehead atoms. The van der Waals surface area contributed by atoms with Crippen LogP contribution < -0.4 is 10.0 Å². The standard InChI is InChI=1S/C16H13F3N4O3S/c1-8-16(9(2)26-22-8)27(24,25)23-13-6-3-10(7-20-13)21-12-5-4-11(17)14(18)15(12)19/h3-7,21H,1-2H3,(H,20,23). The Morgan fingerprint density at radius 1 is 1.04 bits per heavy atom. The summed E-state index contributed by atoms with van der Waals surface area (Å²) < 4.78 is 71.8. The molecule has 0 aliphatic heterocycles. The number of rotatable bonds is 5. The molecule has 27 heavy (non-hydrogen) atoms. The van der Waals surface area contributed by atoms with E-state index < -0.39 is 27.5 Å². The third-order valence-corrected chi connectivity index (χ3v) is 5.15. The molecular weight excluding hydrogens is 385 g/mol. The van der Waals surface area contributed by atoms with E-state index in [9.17, 15) is 21.6 Å². The molecule has 2 aromatic heterocycles. The summed E-state index contributed by atoms with van der Waals surface area (Å²) in [7, 11) is -3.96. The molecule has 0 aliphatic carbocycles. The van der Waals surface area contributed by atoms with Crippen LogP contribution in [0, 0.1) is 31.3 Å². The van der Waals surface area contributed by atoms with Crippen LogP contribution in [0.2, 0.25) is 0 Å². The Bertz CT molecular complexity index is 1080. The van der Waals surface area contributed by atoms with Gasteiger partial charge in [-0.15, -0.1) is 0 Å². The molecule has 2 N–H and O–H groups in total. The Morgan fingerprint density at radius 2 is 1.78 bits per heavy atom. The van der Waals surface area contributed by atoms with Crippen LogP contribution >= 0.6 is 0 Å². The van der Waals surface area contributed by atoms with Gasteiger partial charge in [0.2, 0.25) is 0 Å². The van der Waals surface area contributed by atoms with Gasteiger partial charge in [0.1, 0.15) is 11.5 Å². The third-order valence-electron chi connectivity index (χ3n) is 3.55. The molecule has 0 saturated carbocycles. The zero-order chi connectivity index (χ0) is 19.8. The summed E-state index contributed by atoms with van der Waals surface area (Å²) >= 11 is 0. The van der Waals surface area contributed by atoms with Crippen molar-refractivity contribution in [2.75, 3.05) is 10.0 Å². The van der Waals surface area contributed by atoms with Crippen LogP contribution in [0.15, 0.2) is 39.9 Å². The van der Waals surface area contributed by atoms with Gasteiger partial charge in [0.15, 0.2) is 28.1 Å². The van der Waals surface area contributed by atoms with Crippen LogP contribution in [0.1, 0.15) is 11.5 Å². The molecule has 1 aromatic carbocycles. The van der Waals surface area contributed by atoms with Gasteiger partial charge in [-0.3, -0.25) is 4.72 Å². The fourth-order valence-electron chi connectivity index (χ4n) is 2.35. The number of aryl methyl sites for hydroxylation is 2. The summed E-state index contributed by atoms with van der Waals surface area (Å²) in [4.78, 5) is 3.82. The summed E-state index contributed by atoms with van der Waals surface area (Å²) in [6.45, 7) is 2.95. The molecule has 0 amide bonds. The highest BCUT2D eigenvalue weighted by molar-refractivity contribution is 7.92. The number of benzene rings is 1. The molecule has 0 radical (unpaired) electrons. The predicted octanol–water partition coefficient (Wildman–Crippen LogP) is 3.65. The number of nitrogens with one attached hydrogen (secondary N) is 2. The van der Waals surface area contributed by atoms with Crippen LogP contribution in [0.3, 0.4) is 0 Å². The minimum absolute atomic E-state index is 0.00805. The normalized spacial score (nSPS) is 11.4. The molecule has 0 spiro atoms. The molecule has 11 heteroatoms. The van der Waals surface area contributed by atoms with Gasteiger partial charge < -0.3 is 9.84 Å². The van der Waals surface area contributed by atoms with E-state index in [0.29, 0.717) is 0 Å². The molecule has 0 atom stereocenters. The zero-order valence-electron chi connectivity index (χ0n) is 14.0. The number of pyridine rings is 1. The molecule has 0 fully saturated rings. The largest absolute Gasteiger partial charge is 0.360 e. The molecule has 7 nitrogen and oxygen atoms in total. The van der Waals surface area contributed by atoms with E-state index in [1.807, 2.05) is 0 Å². The van der Waals surface area contributed by atoms with Crippen LogP contribution in [-0.2, 0) is 10.0 Å². The van der Waals surface area contributed by atoms with E-state index in [2.05, 4.69) is 20.2 Å². The maximum atomic E-state index is 13.7. The first-order chi connectivity index (χ1) is 12.7. The lowest BCUT2D eigenvalue weighted by molar-refractivity contribution is 0.390. The maximum absolute atomic E-state index is 13.7. The number of hydrogen-bond acceptors (Lipinski definition) is 6. The highest BCUT2D eigenvalue weighted by Gasteiger charge is 2.24. The highest BCUT2D eigenvalue weighted by Crippen LogP contribution is 2.25. The van der Waals surface area contributed by atoms with Crippen molar-refractivity contribution in [1.82, 2.24) is 10.1 Å². The number of aromatic nitrogens is 2. The van der Waals surface area contributed by atoms with Crippen molar-refractivity contribution in [1.29, 1.82) is 0 Å². The van der Waals surface area contributed by atoms with Crippen molar-refractivity contribution < 1.29 is 26.1 Å². The average molecular weight is 398 g/mol. The van der Waals surface area contributed by atoms with Crippen molar-refractivity contribution in [3.8, 4) is 0 Å². The van der Waals surface area contributed by atoms with Crippen LogP contribution in [0.5, 0.6) is 0 Å². The second kappa shape index (κ2) is 6.91. The van der Waals surface area contributed by atoms with E-state index in [1.54, 1.807) is 0 Å². The second-order valence-corrected chi connectivity index (χ2v) is 7.16. The summed E-state index contributed by atoms with van der Waals surface area (Å²) in [5.74, 6) is -4.16. The molecule has 0 aliphatic rings. The van der Waals surface area contributed by atoms with Crippen molar-refractivity contribution in [3.63, 3.8) is 0 Å². The third kappa shape index (κ3) is 3.72. The van der Waals surface area contributed by atoms with Gasteiger partial charge in [-0.05, 0) is 38.1 Å². The van der Waals surface area contributed by atoms with Crippen LogP contribution in [0.4, 0.5) is 30.4 Å². The Hall–Kier alpha value is -3.08. The summed E-state index contributed by atoms with van der Waals surface area (Å²) in [6, 6.07) is 4.51. The lowest BCUT2D eigenvalue weighted by Gasteiger charge is -2.10. The van der Waals surface area contributed by atoms with Gasteiger partial charge in [0, 0.05) is 0 Å². The van der Waals surface area contributed by atoms with Crippen molar-refractivity contribution in [2.45, 2.75) is 18.7 Å². The van der Waals surface area contributed by atoms with Crippen LogP contribution in [0.25, 0.3) is 0 Å². The number of halogens is 3. The van der Waals surface area contributed by atoms with E-state index in [4.69, 9.17) is 4.52 Å². The number of hydrogen-bond donors (Lipinski definition) is 2. The smallest absolute Gasteiger partial charge is 0.268 e. The Balaban J connectivity index is 1.79. The maximum Gasteiger partial charge on any atom is 0.268 e. The SMILES string of the molecule is Cc1noc(C)c1S(=O)(=O)Nc1ccc(Nc2ccc(F)c(F)c2F)cn1. The lowest BCUT2D eigenvalue weighted by Crippen LogP contribution is -2.15. The topological polar surface area (TPSA) is 97.1 Å². The molecule has 2 heterocycles. The van der Waals surface area contributed by atoms with E-state index in [-0.39, 0.29) is 33.5 Å². The Labute approximate surface area is 152 Å². The van der Waals surface area contributed by atoms with Crippen molar-refractivity contribution >= 4 is 27.2 Å². The molecule has 3 rings (SSSR count). The molecular formula is C16H13F3N4O3S. The average Bonchev–Trinajstić information content (AvgIpc) is 2.96. The van der Waals surface area contributed by atoms with Gasteiger partial charge in [0.25, 0.3) is 10.0 Å². The second-order valence-electron chi connectivity index (χ2n) is 5.54. The zero-order valence-corrected chi connectivity index (χ0v) is 14.9. The van der Waals surface area contributed by atoms with Crippen molar-refractivity contribution in [2.24, 2.45) is 0 Å². The minimum Gasteiger partial charge on any atom is -0.360 e. The fourth-order valence-corrected chi connectivity index (χ4v) is 3.69. The molecule has 0 unspecified atom stereocenters. The Kier molecular flexibility index (Phi) is 4.79. The monoisotopic (exact) mass is 398 g/mol. The van der Waals surface area contributed by atoms with Crippen molar-refractivity contribution in [3.05, 3.63) is 59.4 Å². The van der Waals surface area contributed by atoms with Gasteiger partial charge in [-0.25, -0.2) is 26.6 Å². The first-order valence-electron chi connectivity index (χ1n) is 7.51. The first kappa shape index (κ1) is 18.7. The molecule has 142 valence electrons.